The maximum atomic E-state index is 14.0. The lowest BCUT2D eigenvalue weighted by Gasteiger charge is -2.16. The van der Waals surface area contributed by atoms with Crippen LogP contribution in [0.1, 0.15) is 34.1 Å². The minimum Gasteiger partial charge on any atom is -0.432 e. The summed E-state index contributed by atoms with van der Waals surface area (Å²) in [4.78, 5) is 22.5. The van der Waals surface area contributed by atoms with Crippen molar-refractivity contribution in [3.05, 3.63) is 101 Å². The maximum absolute atomic E-state index is 14.0. The van der Waals surface area contributed by atoms with Gasteiger partial charge < -0.3 is 15.4 Å². The van der Waals surface area contributed by atoms with E-state index in [4.69, 9.17) is 10.5 Å². The molecule has 0 bridgehead atoms. The van der Waals surface area contributed by atoms with E-state index < -0.39 is 29.1 Å². The van der Waals surface area contributed by atoms with Crippen molar-refractivity contribution < 1.29 is 22.7 Å². The fraction of sp³-hybridized carbons (Fsp3) is 0.125. The van der Waals surface area contributed by atoms with Gasteiger partial charge in [0.2, 0.25) is 11.6 Å². The Morgan fingerprint density at radius 3 is 2.48 bits per heavy atom. The molecule has 0 radical (unpaired) electrons. The molecule has 168 valence electrons. The SMILES string of the molecule is C/C=C(\C=C/N)c1ccc(CN2Cc3ncnc(Oc4c(F)cc(F)cc4F)c3C2=O)cc1. The first-order valence-corrected chi connectivity index (χ1v) is 10.0. The highest BCUT2D eigenvalue weighted by Crippen LogP contribution is 2.34. The molecular weight excluding hydrogens is 433 g/mol. The predicted molar refractivity (Wildman–Crippen MR) is 115 cm³/mol. The smallest absolute Gasteiger partial charge is 0.261 e. The zero-order valence-corrected chi connectivity index (χ0v) is 17.6. The summed E-state index contributed by atoms with van der Waals surface area (Å²) in [5.41, 5.74) is 8.67. The van der Waals surface area contributed by atoms with Crippen LogP contribution in [0.5, 0.6) is 11.6 Å². The van der Waals surface area contributed by atoms with E-state index >= 15 is 0 Å². The van der Waals surface area contributed by atoms with Crippen LogP contribution in [0.15, 0.2) is 61.1 Å². The molecule has 2 aromatic carbocycles. The van der Waals surface area contributed by atoms with Crippen LogP contribution < -0.4 is 10.5 Å². The second-order valence-electron chi connectivity index (χ2n) is 7.26. The molecule has 4 rings (SSSR count). The molecule has 1 aromatic heterocycles. The Morgan fingerprint density at radius 2 is 1.85 bits per heavy atom. The van der Waals surface area contributed by atoms with Crippen molar-refractivity contribution in [2.24, 2.45) is 5.73 Å². The summed E-state index contributed by atoms with van der Waals surface area (Å²) in [5.74, 6) is -5.14. The Morgan fingerprint density at radius 1 is 1.15 bits per heavy atom. The van der Waals surface area contributed by atoms with E-state index in [-0.39, 0.29) is 24.5 Å². The van der Waals surface area contributed by atoms with Crippen LogP contribution in [0.25, 0.3) is 5.57 Å². The zero-order valence-electron chi connectivity index (χ0n) is 17.6. The zero-order chi connectivity index (χ0) is 23.5. The van der Waals surface area contributed by atoms with Gasteiger partial charge in [-0.1, -0.05) is 30.3 Å². The Hall–Kier alpha value is -4.14. The second kappa shape index (κ2) is 9.15. The minimum atomic E-state index is -1.24. The third-order valence-corrected chi connectivity index (χ3v) is 5.14. The molecule has 1 aliphatic heterocycles. The van der Waals surface area contributed by atoms with Gasteiger partial charge in [0.1, 0.15) is 17.7 Å². The summed E-state index contributed by atoms with van der Waals surface area (Å²) in [6.07, 6.45) is 6.34. The number of benzene rings is 2. The number of halogens is 3. The van der Waals surface area contributed by atoms with Gasteiger partial charge in [-0.05, 0) is 35.9 Å². The average Bonchev–Trinajstić information content (AvgIpc) is 3.11. The minimum absolute atomic E-state index is 0.0153. The average molecular weight is 452 g/mol. The van der Waals surface area contributed by atoms with Crippen molar-refractivity contribution in [3.8, 4) is 11.6 Å². The number of hydrogen-bond acceptors (Lipinski definition) is 5. The number of carbonyl (C=O) groups is 1. The Bertz CT molecular complexity index is 1250. The summed E-state index contributed by atoms with van der Waals surface area (Å²) in [6, 6.07) is 8.61. The number of rotatable bonds is 6. The van der Waals surface area contributed by atoms with Gasteiger partial charge in [0.15, 0.2) is 11.6 Å². The van der Waals surface area contributed by atoms with E-state index in [2.05, 4.69) is 9.97 Å². The first kappa shape index (κ1) is 22.1. The number of nitrogens with zero attached hydrogens (tertiary/aromatic N) is 3. The van der Waals surface area contributed by atoms with Gasteiger partial charge in [-0.3, -0.25) is 4.79 Å². The Kier molecular flexibility index (Phi) is 6.12. The van der Waals surface area contributed by atoms with Crippen molar-refractivity contribution >= 4 is 11.5 Å². The number of aromatic nitrogens is 2. The molecule has 0 saturated carbocycles. The molecule has 0 unspecified atom stereocenters. The highest BCUT2D eigenvalue weighted by Gasteiger charge is 2.34. The fourth-order valence-corrected chi connectivity index (χ4v) is 3.56. The van der Waals surface area contributed by atoms with Gasteiger partial charge in [0, 0.05) is 18.7 Å². The first-order chi connectivity index (χ1) is 15.9. The lowest BCUT2D eigenvalue weighted by molar-refractivity contribution is 0.0764. The van der Waals surface area contributed by atoms with E-state index in [0.717, 1.165) is 23.0 Å². The highest BCUT2D eigenvalue weighted by atomic mass is 19.1. The van der Waals surface area contributed by atoms with Crippen LogP contribution in [-0.2, 0) is 13.1 Å². The second-order valence-corrected chi connectivity index (χ2v) is 7.26. The highest BCUT2D eigenvalue weighted by molar-refractivity contribution is 5.99. The quantitative estimate of drug-likeness (QED) is 0.548. The number of allylic oxidation sites excluding steroid dienone is 3. The number of hydrogen-bond donors (Lipinski definition) is 1. The molecule has 0 spiro atoms. The lowest BCUT2D eigenvalue weighted by Crippen LogP contribution is -2.23. The summed E-state index contributed by atoms with van der Waals surface area (Å²) >= 11 is 0. The van der Waals surface area contributed by atoms with Crippen molar-refractivity contribution in [3.63, 3.8) is 0 Å². The standard InChI is InChI=1S/C24H19F3N4O2/c1-2-15(7-8-28)16-5-3-14(4-6-16)11-31-12-20-21(24(31)32)23(30-13-29-20)33-22-18(26)9-17(25)10-19(22)27/h2-10,13H,11-12,28H2,1H3/b8-7-,15-2+. The topological polar surface area (TPSA) is 81.3 Å². The van der Waals surface area contributed by atoms with E-state index in [1.165, 1.54) is 11.1 Å². The van der Waals surface area contributed by atoms with E-state index in [9.17, 15) is 18.0 Å². The molecule has 9 heteroatoms. The third-order valence-electron chi connectivity index (χ3n) is 5.14. The molecule has 0 atom stereocenters. The van der Waals surface area contributed by atoms with Gasteiger partial charge in [-0.25, -0.2) is 23.1 Å². The third kappa shape index (κ3) is 4.43. The molecule has 2 heterocycles. The Balaban J connectivity index is 1.55. The van der Waals surface area contributed by atoms with Gasteiger partial charge in [0.25, 0.3) is 5.91 Å². The van der Waals surface area contributed by atoms with E-state index in [1.807, 2.05) is 37.3 Å². The van der Waals surface area contributed by atoms with Gasteiger partial charge in [-0.15, -0.1) is 0 Å². The van der Waals surface area contributed by atoms with Crippen LogP contribution in [0.4, 0.5) is 13.2 Å². The van der Waals surface area contributed by atoms with Crippen molar-refractivity contribution in [2.45, 2.75) is 20.0 Å². The molecule has 0 fully saturated rings. The first-order valence-electron chi connectivity index (χ1n) is 10.0. The molecule has 33 heavy (non-hydrogen) atoms. The number of carbonyl (C=O) groups excluding carboxylic acids is 1. The summed E-state index contributed by atoms with van der Waals surface area (Å²) in [7, 11) is 0. The molecule has 1 aliphatic rings. The summed E-state index contributed by atoms with van der Waals surface area (Å²) < 4.78 is 46.5. The van der Waals surface area contributed by atoms with Crippen LogP contribution in [-0.4, -0.2) is 20.8 Å². The molecular formula is C24H19F3N4O2. The van der Waals surface area contributed by atoms with Gasteiger partial charge >= 0.3 is 0 Å². The van der Waals surface area contributed by atoms with Gasteiger partial charge in [0.05, 0.1) is 12.2 Å². The number of fused-ring (bicyclic) bond motifs is 1. The van der Waals surface area contributed by atoms with Crippen molar-refractivity contribution in [1.29, 1.82) is 0 Å². The van der Waals surface area contributed by atoms with Crippen LogP contribution in [0, 0.1) is 17.5 Å². The van der Waals surface area contributed by atoms with Crippen molar-refractivity contribution in [2.75, 3.05) is 0 Å². The number of ether oxygens (including phenoxy) is 1. The van der Waals surface area contributed by atoms with E-state index in [0.29, 0.717) is 17.8 Å². The molecule has 3 aromatic rings. The largest absolute Gasteiger partial charge is 0.432 e. The van der Waals surface area contributed by atoms with E-state index in [1.54, 1.807) is 6.08 Å². The predicted octanol–water partition coefficient (Wildman–Crippen LogP) is 4.72. The molecule has 1 amide bonds. The number of amides is 1. The normalized spacial score (nSPS) is 13.6. The van der Waals surface area contributed by atoms with Crippen molar-refractivity contribution in [1.82, 2.24) is 14.9 Å². The van der Waals surface area contributed by atoms with Crippen LogP contribution in [0.3, 0.4) is 0 Å². The lowest BCUT2D eigenvalue weighted by atomic mass is 10.0. The summed E-state index contributed by atoms with van der Waals surface area (Å²) in [5, 5.41) is 0. The monoisotopic (exact) mass is 452 g/mol. The summed E-state index contributed by atoms with van der Waals surface area (Å²) in [6.45, 7) is 2.37. The molecule has 0 saturated heterocycles. The fourth-order valence-electron chi connectivity index (χ4n) is 3.56. The van der Waals surface area contributed by atoms with Gasteiger partial charge in [-0.2, -0.15) is 0 Å². The van der Waals surface area contributed by atoms with Crippen LogP contribution >= 0.6 is 0 Å². The Labute approximate surface area is 187 Å². The number of nitrogens with two attached hydrogens (primary N) is 1. The molecule has 6 nitrogen and oxygen atoms in total. The van der Waals surface area contributed by atoms with Crippen LogP contribution in [0.2, 0.25) is 0 Å². The molecule has 2 N–H and O–H groups in total. The maximum Gasteiger partial charge on any atom is 0.261 e. The molecule has 0 aliphatic carbocycles.